The Morgan fingerprint density at radius 1 is 1.17 bits per heavy atom. The molecule has 10 nitrogen and oxygen atoms in total. The Labute approximate surface area is 144 Å². The molecule has 4 N–H and O–H groups in total. The van der Waals surface area contributed by atoms with E-state index in [-0.39, 0.29) is 17.8 Å². The number of amides is 1. The number of aromatic nitrogens is 6. The zero-order chi connectivity index (χ0) is 17.7. The molecular formula is C13H21N9OS. The van der Waals surface area contributed by atoms with E-state index in [9.17, 15) is 4.79 Å². The van der Waals surface area contributed by atoms with E-state index in [2.05, 4.69) is 35.7 Å². The molecule has 2 aromatic rings. The standard InChI is InChI=1S/C13H21N9OS/c1-7(2)16-10-18-11(17-8(3)4)20-12(19-10)22-6-15-13(21-22)24-5-9(14)23/h6-8H,5H2,1-4H3,(H2,14,23)(H2,16,17,18,19,20). The summed E-state index contributed by atoms with van der Waals surface area (Å²) >= 11 is 1.15. The highest BCUT2D eigenvalue weighted by Crippen LogP contribution is 2.14. The Balaban J connectivity index is 2.28. The first kappa shape index (κ1) is 17.9. The van der Waals surface area contributed by atoms with Gasteiger partial charge in [0.05, 0.1) is 5.75 Å². The lowest BCUT2D eigenvalue weighted by molar-refractivity contribution is -0.115. The molecule has 24 heavy (non-hydrogen) atoms. The lowest BCUT2D eigenvalue weighted by atomic mass is 10.4. The van der Waals surface area contributed by atoms with Gasteiger partial charge >= 0.3 is 0 Å². The van der Waals surface area contributed by atoms with Crippen molar-refractivity contribution in [3.8, 4) is 5.95 Å². The number of anilines is 2. The van der Waals surface area contributed by atoms with Gasteiger partial charge in [-0.2, -0.15) is 19.6 Å². The summed E-state index contributed by atoms with van der Waals surface area (Å²) in [6, 6.07) is 0.342. The number of hydrogen-bond donors (Lipinski definition) is 3. The molecule has 0 saturated heterocycles. The van der Waals surface area contributed by atoms with Crippen molar-refractivity contribution in [2.24, 2.45) is 5.73 Å². The minimum Gasteiger partial charge on any atom is -0.369 e. The zero-order valence-electron chi connectivity index (χ0n) is 14.0. The molecule has 0 spiro atoms. The Kier molecular flexibility index (Phi) is 5.90. The first-order valence-electron chi connectivity index (χ1n) is 7.45. The van der Waals surface area contributed by atoms with E-state index in [1.807, 2.05) is 27.7 Å². The molecule has 2 heterocycles. The monoisotopic (exact) mass is 351 g/mol. The van der Waals surface area contributed by atoms with E-state index < -0.39 is 5.91 Å². The van der Waals surface area contributed by atoms with Gasteiger partial charge < -0.3 is 16.4 Å². The van der Waals surface area contributed by atoms with Crippen LogP contribution in [0.4, 0.5) is 11.9 Å². The van der Waals surface area contributed by atoms with Gasteiger partial charge in [-0.25, -0.2) is 4.98 Å². The van der Waals surface area contributed by atoms with Gasteiger partial charge in [0.2, 0.25) is 23.0 Å². The molecule has 0 aliphatic carbocycles. The molecule has 0 aliphatic heterocycles. The maximum atomic E-state index is 10.8. The van der Waals surface area contributed by atoms with Crippen LogP contribution in [0.2, 0.25) is 0 Å². The van der Waals surface area contributed by atoms with E-state index in [0.29, 0.717) is 23.0 Å². The van der Waals surface area contributed by atoms with Gasteiger partial charge in [0.15, 0.2) is 0 Å². The zero-order valence-corrected chi connectivity index (χ0v) is 14.8. The Morgan fingerprint density at radius 2 is 1.75 bits per heavy atom. The van der Waals surface area contributed by atoms with Crippen LogP contribution >= 0.6 is 11.8 Å². The van der Waals surface area contributed by atoms with Gasteiger partial charge in [0.1, 0.15) is 6.33 Å². The van der Waals surface area contributed by atoms with Crippen molar-refractivity contribution in [1.82, 2.24) is 29.7 Å². The number of carbonyl (C=O) groups is 1. The second kappa shape index (κ2) is 7.90. The highest BCUT2D eigenvalue weighted by Gasteiger charge is 2.12. The third kappa shape index (κ3) is 5.33. The van der Waals surface area contributed by atoms with Crippen LogP contribution in [0.3, 0.4) is 0 Å². The third-order valence-electron chi connectivity index (χ3n) is 2.48. The highest BCUT2D eigenvalue weighted by atomic mass is 32.2. The van der Waals surface area contributed by atoms with Crippen LogP contribution in [0.1, 0.15) is 27.7 Å². The molecule has 2 aromatic heterocycles. The molecule has 0 radical (unpaired) electrons. The summed E-state index contributed by atoms with van der Waals surface area (Å²) < 4.78 is 1.43. The van der Waals surface area contributed by atoms with Crippen molar-refractivity contribution in [2.75, 3.05) is 16.4 Å². The lowest BCUT2D eigenvalue weighted by Gasteiger charge is -2.13. The van der Waals surface area contributed by atoms with E-state index in [0.717, 1.165) is 11.8 Å². The van der Waals surface area contributed by atoms with Crippen LogP contribution in [-0.2, 0) is 4.79 Å². The van der Waals surface area contributed by atoms with E-state index in [1.165, 1.54) is 11.0 Å². The van der Waals surface area contributed by atoms with Crippen LogP contribution in [0.5, 0.6) is 0 Å². The van der Waals surface area contributed by atoms with Crippen molar-refractivity contribution < 1.29 is 4.79 Å². The first-order valence-corrected chi connectivity index (χ1v) is 8.44. The van der Waals surface area contributed by atoms with Crippen LogP contribution in [0.15, 0.2) is 11.5 Å². The van der Waals surface area contributed by atoms with Crippen molar-refractivity contribution in [2.45, 2.75) is 44.9 Å². The van der Waals surface area contributed by atoms with Gasteiger partial charge in [-0.05, 0) is 27.7 Å². The van der Waals surface area contributed by atoms with Crippen molar-refractivity contribution in [3.05, 3.63) is 6.33 Å². The number of rotatable bonds is 8. The minimum atomic E-state index is -0.427. The Hall–Kier alpha value is -2.43. The largest absolute Gasteiger partial charge is 0.369 e. The van der Waals surface area contributed by atoms with E-state index in [4.69, 9.17) is 5.73 Å². The van der Waals surface area contributed by atoms with E-state index >= 15 is 0 Å². The number of hydrogen-bond acceptors (Lipinski definition) is 9. The number of carbonyl (C=O) groups excluding carboxylic acids is 1. The molecule has 2 rings (SSSR count). The van der Waals surface area contributed by atoms with Crippen molar-refractivity contribution in [3.63, 3.8) is 0 Å². The predicted octanol–water partition coefficient (Wildman–Crippen LogP) is 0.670. The van der Waals surface area contributed by atoms with Crippen molar-refractivity contribution in [1.29, 1.82) is 0 Å². The molecule has 0 aliphatic rings. The Morgan fingerprint density at radius 3 is 2.25 bits per heavy atom. The van der Waals surface area contributed by atoms with Crippen LogP contribution in [0, 0.1) is 0 Å². The molecule has 0 saturated carbocycles. The average molecular weight is 351 g/mol. The molecule has 0 fully saturated rings. The molecular weight excluding hydrogens is 330 g/mol. The molecule has 0 aromatic carbocycles. The smallest absolute Gasteiger partial charge is 0.258 e. The van der Waals surface area contributed by atoms with E-state index in [1.54, 1.807) is 0 Å². The number of thioether (sulfide) groups is 1. The molecule has 0 unspecified atom stereocenters. The second-order valence-corrected chi connectivity index (χ2v) is 6.55. The van der Waals surface area contributed by atoms with Gasteiger partial charge in [-0.3, -0.25) is 4.79 Å². The molecule has 1 amide bonds. The summed E-state index contributed by atoms with van der Waals surface area (Å²) in [7, 11) is 0. The highest BCUT2D eigenvalue weighted by molar-refractivity contribution is 7.99. The summed E-state index contributed by atoms with van der Waals surface area (Å²) in [5, 5.41) is 11.0. The summed E-state index contributed by atoms with van der Waals surface area (Å²) in [6.07, 6.45) is 1.48. The summed E-state index contributed by atoms with van der Waals surface area (Å²) in [4.78, 5) is 28.0. The number of nitrogens with two attached hydrogens (primary N) is 1. The van der Waals surface area contributed by atoms with Gasteiger partial charge in [-0.15, -0.1) is 5.10 Å². The summed E-state index contributed by atoms with van der Waals surface area (Å²) in [5.41, 5.74) is 5.12. The van der Waals surface area contributed by atoms with Crippen LogP contribution < -0.4 is 16.4 Å². The topological polar surface area (TPSA) is 137 Å². The number of primary amides is 1. The fraction of sp³-hybridized carbons (Fsp3) is 0.538. The van der Waals surface area contributed by atoms with Crippen LogP contribution in [0.25, 0.3) is 5.95 Å². The molecule has 11 heteroatoms. The third-order valence-corrected chi connectivity index (χ3v) is 3.35. The lowest BCUT2D eigenvalue weighted by Crippen LogP contribution is -2.19. The summed E-state index contributed by atoms with van der Waals surface area (Å²) in [5.74, 6) is 0.902. The summed E-state index contributed by atoms with van der Waals surface area (Å²) in [6.45, 7) is 7.97. The predicted molar refractivity (Wildman–Crippen MR) is 92.2 cm³/mol. The normalized spacial score (nSPS) is 11.1. The number of nitrogens with one attached hydrogen (secondary N) is 2. The Bertz CT molecular complexity index is 672. The van der Waals surface area contributed by atoms with Crippen molar-refractivity contribution >= 4 is 29.6 Å². The average Bonchev–Trinajstić information content (AvgIpc) is 2.92. The first-order chi connectivity index (χ1) is 11.3. The fourth-order valence-corrected chi connectivity index (χ4v) is 2.20. The maximum Gasteiger partial charge on any atom is 0.258 e. The quantitative estimate of drug-likeness (QED) is 0.586. The fourth-order valence-electron chi connectivity index (χ4n) is 1.66. The molecule has 0 bridgehead atoms. The van der Waals surface area contributed by atoms with Gasteiger partial charge in [-0.1, -0.05) is 11.8 Å². The van der Waals surface area contributed by atoms with Crippen LogP contribution in [-0.4, -0.2) is 53.5 Å². The minimum absolute atomic E-state index is 0.113. The SMILES string of the molecule is CC(C)Nc1nc(NC(C)C)nc(-n2cnc(SCC(N)=O)n2)n1. The van der Waals surface area contributed by atoms with Gasteiger partial charge in [0.25, 0.3) is 5.95 Å². The maximum absolute atomic E-state index is 10.8. The second-order valence-electron chi connectivity index (χ2n) is 5.61. The molecule has 0 atom stereocenters. The van der Waals surface area contributed by atoms with Gasteiger partial charge in [0, 0.05) is 12.1 Å². The molecule has 130 valence electrons. The number of nitrogens with zero attached hydrogens (tertiary/aromatic N) is 6.